The minimum Gasteiger partial charge on any atom is -0.482 e. The Morgan fingerprint density at radius 1 is 1.44 bits per heavy atom. The number of carbonyl (C=O) groups is 2. The number of carbonyl (C=O) groups excluding carboxylic acids is 2. The van der Waals surface area contributed by atoms with Gasteiger partial charge in [0.05, 0.1) is 10.6 Å². The number of fused-ring (bicyclic) bond motifs is 1. The van der Waals surface area contributed by atoms with Gasteiger partial charge in [-0.3, -0.25) is 24.6 Å². The lowest BCUT2D eigenvalue weighted by Crippen LogP contribution is -2.46. The third-order valence-electron chi connectivity index (χ3n) is 4.47. The minimum absolute atomic E-state index is 0. The summed E-state index contributed by atoms with van der Waals surface area (Å²) < 4.78 is 5.29. The van der Waals surface area contributed by atoms with E-state index < -0.39 is 10.8 Å². The molecule has 1 atom stereocenters. The van der Waals surface area contributed by atoms with Crippen LogP contribution in [0.15, 0.2) is 18.2 Å². The zero-order valence-electron chi connectivity index (χ0n) is 15.6. The van der Waals surface area contributed by atoms with Gasteiger partial charge >= 0.3 is 0 Å². The molecule has 1 heterocycles. The third-order valence-corrected chi connectivity index (χ3v) is 4.47. The van der Waals surface area contributed by atoms with E-state index in [4.69, 9.17) is 10.5 Å². The monoisotopic (exact) mass is 400 g/mol. The Morgan fingerprint density at radius 2 is 2.11 bits per heavy atom. The number of halogens is 1. The van der Waals surface area contributed by atoms with E-state index in [1.807, 2.05) is 13.8 Å². The molecule has 1 aliphatic heterocycles. The number of hydrogen-bond acceptors (Lipinski definition) is 6. The Morgan fingerprint density at radius 3 is 2.70 bits per heavy atom. The Hall–Kier alpha value is -2.39. The molecular formula is C17H25ClN4O5. The van der Waals surface area contributed by atoms with Gasteiger partial charge in [-0.15, -0.1) is 12.4 Å². The van der Waals surface area contributed by atoms with E-state index in [0.717, 1.165) is 0 Å². The van der Waals surface area contributed by atoms with Crippen molar-refractivity contribution in [1.82, 2.24) is 4.90 Å². The maximum atomic E-state index is 12.5. The summed E-state index contributed by atoms with van der Waals surface area (Å²) >= 11 is 0. The van der Waals surface area contributed by atoms with Crippen molar-refractivity contribution in [3.05, 3.63) is 28.3 Å². The van der Waals surface area contributed by atoms with Crippen molar-refractivity contribution in [2.75, 3.05) is 31.6 Å². The number of ether oxygens (including phenoxy) is 1. The second kappa shape index (κ2) is 9.52. The Bertz CT molecular complexity index is 713. The zero-order chi connectivity index (χ0) is 19.4. The van der Waals surface area contributed by atoms with Crippen molar-refractivity contribution in [2.24, 2.45) is 11.7 Å². The van der Waals surface area contributed by atoms with Gasteiger partial charge in [0.1, 0.15) is 12.3 Å². The highest BCUT2D eigenvalue weighted by molar-refractivity contribution is 6.02. The quantitative estimate of drug-likeness (QED) is 0.548. The summed E-state index contributed by atoms with van der Waals surface area (Å²) in [6.45, 7) is 4.09. The van der Waals surface area contributed by atoms with Crippen LogP contribution in [0.5, 0.6) is 5.75 Å². The summed E-state index contributed by atoms with van der Waals surface area (Å²) in [6.07, 6.45) is 0.652. The molecule has 1 aromatic rings. The van der Waals surface area contributed by atoms with Gasteiger partial charge in [-0.1, -0.05) is 13.8 Å². The number of amides is 2. The maximum Gasteiger partial charge on any atom is 0.271 e. The van der Waals surface area contributed by atoms with E-state index in [0.29, 0.717) is 24.6 Å². The number of anilines is 1. The number of rotatable bonds is 7. The van der Waals surface area contributed by atoms with Crippen LogP contribution in [0.25, 0.3) is 0 Å². The molecule has 0 aromatic heterocycles. The van der Waals surface area contributed by atoms with Crippen LogP contribution in [0, 0.1) is 16.0 Å². The summed E-state index contributed by atoms with van der Waals surface area (Å²) in [7, 11) is 1.65. The Kier molecular flexibility index (Phi) is 7.98. The van der Waals surface area contributed by atoms with Gasteiger partial charge in [0.15, 0.2) is 6.61 Å². The van der Waals surface area contributed by atoms with Gasteiger partial charge in [0, 0.05) is 31.8 Å². The molecule has 0 radical (unpaired) electrons. The molecular weight excluding hydrogens is 376 g/mol. The number of nitro groups is 1. The molecule has 0 saturated heterocycles. The molecule has 2 amide bonds. The second-order valence-corrected chi connectivity index (χ2v) is 6.69. The number of benzene rings is 1. The van der Waals surface area contributed by atoms with Crippen molar-refractivity contribution in [3.63, 3.8) is 0 Å². The number of hydrogen-bond donors (Lipinski definition) is 1. The van der Waals surface area contributed by atoms with Crippen molar-refractivity contribution < 1.29 is 19.2 Å². The average molecular weight is 401 g/mol. The van der Waals surface area contributed by atoms with Crippen molar-refractivity contribution in [3.8, 4) is 5.75 Å². The SMILES string of the molecule is CC(C)C(N)CCN(C)C(=O)CN1C(=O)COc2ccc([N+](=O)[O-])cc21.Cl. The third kappa shape index (κ3) is 5.54. The molecule has 1 unspecified atom stereocenters. The number of non-ortho nitro benzene ring substituents is 1. The molecule has 0 bridgehead atoms. The van der Waals surface area contributed by atoms with E-state index in [1.54, 1.807) is 7.05 Å². The first kappa shape index (κ1) is 22.7. The van der Waals surface area contributed by atoms with Crippen molar-refractivity contribution in [1.29, 1.82) is 0 Å². The number of nitrogens with two attached hydrogens (primary N) is 1. The standard InChI is InChI=1S/C17H24N4O5.ClH/c1-11(2)13(18)6-7-19(3)16(22)9-20-14-8-12(21(24)25)4-5-15(14)26-10-17(20)23;/h4-5,8,11,13H,6-7,9-10,18H2,1-3H3;1H. The van der Waals surface area contributed by atoms with Crippen LogP contribution in [-0.2, 0) is 9.59 Å². The van der Waals surface area contributed by atoms with Gasteiger partial charge in [-0.05, 0) is 18.4 Å². The molecule has 0 fully saturated rings. The lowest BCUT2D eigenvalue weighted by molar-refractivity contribution is -0.384. The molecule has 2 N–H and O–H groups in total. The van der Waals surface area contributed by atoms with E-state index in [2.05, 4.69) is 0 Å². The van der Waals surface area contributed by atoms with Crippen LogP contribution in [-0.4, -0.2) is 54.4 Å². The molecule has 1 aromatic carbocycles. The topological polar surface area (TPSA) is 119 Å². The summed E-state index contributed by atoms with van der Waals surface area (Å²) in [6, 6.07) is 3.96. The summed E-state index contributed by atoms with van der Waals surface area (Å²) in [4.78, 5) is 37.8. The highest BCUT2D eigenvalue weighted by Gasteiger charge is 2.30. The predicted molar refractivity (Wildman–Crippen MR) is 103 cm³/mol. The van der Waals surface area contributed by atoms with Gasteiger partial charge in [-0.25, -0.2) is 0 Å². The maximum absolute atomic E-state index is 12.5. The molecule has 0 spiro atoms. The first-order chi connectivity index (χ1) is 12.2. The minimum atomic E-state index is -0.557. The smallest absolute Gasteiger partial charge is 0.271 e. The van der Waals surface area contributed by atoms with E-state index in [-0.39, 0.29) is 48.9 Å². The van der Waals surface area contributed by atoms with Crippen LogP contribution in [0.1, 0.15) is 20.3 Å². The highest BCUT2D eigenvalue weighted by atomic mass is 35.5. The highest BCUT2D eigenvalue weighted by Crippen LogP contribution is 2.35. The first-order valence-corrected chi connectivity index (χ1v) is 8.42. The van der Waals surface area contributed by atoms with Crippen LogP contribution in [0.3, 0.4) is 0 Å². The largest absolute Gasteiger partial charge is 0.482 e. The van der Waals surface area contributed by atoms with Gasteiger partial charge in [0.2, 0.25) is 5.91 Å². The van der Waals surface area contributed by atoms with Gasteiger partial charge in [0.25, 0.3) is 11.6 Å². The van der Waals surface area contributed by atoms with Crippen LogP contribution in [0.4, 0.5) is 11.4 Å². The summed E-state index contributed by atoms with van der Waals surface area (Å²) in [5, 5.41) is 11.0. The lowest BCUT2D eigenvalue weighted by atomic mass is 10.0. The van der Waals surface area contributed by atoms with Gasteiger partial charge in [-0.2, -0.15) is 0 Å². The van der Waals surface area contributed by atoms with Gasteiger partial charge < -0.3 is 15.4 Å². The summed E-state index contributed by atoms with van der Waals surface area (Å²) in [5.74, 6) is -0.0356. The van der Waals surface area contributed by atoms with E-state index >= 15 is 0 Å². The normalized spacial score (nSPS) is 14.1. The number of likely N-dealkylation sites (N-methyl/N-ethyl adjacent to an activating group) is 1. The predicted octanol–water partition coefficient (Wildman–Crippen LogP) is 1.57. The van der Waals surface area contributed by atoms with Crippen molar-refractivity contribution in [2.45, 2.75) is 26.3 Å². The van der Waals surface area contributed by atoms with E-state index in [1.165, 1.54) is 28.0 Å². The molecule has 9 nitrogen and oxygen atoms in total. The fourth-order valence-electron chi connectivity index (χ4n) is 2.53. The van der Waals surface area contributed by atoms with E-state index in [9.17, 15) is 19.7 Å². The molecule has 0 aliphatic carbocycles. The first-order valence-electron chi connectivity index (χ1n) is 8.42. The fraction of sp³-hybridized carbons (Fsp3) is 0.529. The Labute approximate surface area is 164 Å². The lowest BCUT2D eigenvalue weighted by Gasteiger charge is -2.30. The molecule has 1 aliphatic rings. The summed E-state index contributed by atoms with van der Waals surface area (Å²) in [5.41, 5.74) is 6.06. The molecule has 27 heavy (non-hydrogen) atoms. The average Bonchev–Trinajstić information content (AvgIpc) is 2.60. The number of nitro benzene ring substituents is 1. The van der Waals surface area contributed by atoms with Crippen LogP contribution in [0.2, 0.25) is 0 Å². The molecule has 150 valence electrons. The number of nitrogens with zero attached hydrogens (tertiary/aromatic N) is 3. The van der Waals surface area contributed by atoms with Crippen molar-refractivity contribution >= 4 is 35.6 Å². The molecule has 0 saturated carbocycles. The second-order valence-electron chi connectivity index (χ2n) is 6.69. The van der Waals surface area contributed by atoms with Crippen LogP contribution >= 0.6 is 12.4 Å². The Balaban J connectivity index is 0.00000364. The molecule has 10 heteroatoms. The fourth-order valence-corrected chi connectivity index (χ4v) is 2.53. The van der Waals surface area contributed by atoms with Crippen LogP contribution < -0.4 is 15.4 Å². The molecule has 2 rings (SSSR count). The zero-order valence-corrected chi connectivity index (χ0v) is 16.4.